The minimum atomic E-state index is -0.465. The van der Waals surface area contributed by atoms with Gasteiger partial charge >= 0.3 is 5.69 Å². The van der Waals surface area contributed by atoms with Gasteiger partial charge in [-0.15, -0.1) is 0 Å². The molecule has 0 radical (unpaired) electrons. The topological polar surface area (TPSA) is 96.5 Å². The van der Waals surface area contributed by atoms with Crippen molar-refractivity contribution in [3.05, 3.63) is 86.7 Å². The Morgan fingerprint density at radius 3 is 2.59 bits per heavy atom. The molecule has 0 aliphatic carbocycles. The molecule has 0 saturated carbocycles. The maximum atomic E-state index is 12.6. The van der Waals surface area contributed by atoms with Crippen molar-refractivity contribution in [3.8, 4) is 11.5 Å². The molecule has 0 saturated heterocycles. The molecule has 0 spiro atoms. The summed E-state index contributed by atoms with van der Waals surface area (Å²) in [5.41, 5.74) is 3.55. The van der Waals surface area contributed by atoms with Crippen molar-refractivity contribution in [3.63, 3.8) is 0 Å². The van der Waals surface area contributed by atoms with Gasteiger partial charge in [-0.05, 0) is 56.2 Å². The monoisotopic (exact) mass is 435 g/mol. The second-order valence-electron chi connectivity index (χ2n) is 7.25. The van der Waals surface area contributed by atoms with E-state index in [0.29, 0.717) is 23.4 Å². The van der Waals surface area contributed by atoms with Crippen LogP contribution in [-0.4, -0.2) is 27.6 Å². The molecular formula is C24H25N3O5. The predicted molar refractivity (Wildman–Crippen MR) is 121 cm³/mol. The van der Waals surface area contributed by atoms with Gasteiger partial charge in [-0.3, -0.25) is 19.6 Å². The standard InChI is InChI=1S/C24H25N3O5/c1-5-26-17(3)20(14-25-26)22(28)9-7-18-8-11-23(31-4)19(13-18)15-32-24-10-6-16(2)12-21(24)27(29)30/h6-14H,5,15H2,1-4H3/b9-7+. The third-order valence-electron chi connectivity index (χ3n) is 5.09. The predicted octanol–water partition coefficient (Wildman–Crippen LogP) is 4.91. The molecule has 0 unspecified atom stereocenters. The molecule has 1 aromatic heterocycles. The van der Waals surface area contributed by atoms with E-state index in [0.717, 1.165) is 16.8 Å². The second-order valence-corrected chi connectivity index (χ2v) is 7.25. The molecule has 0 bridgehead atoms. The number of nitro groups is 1. The SMILES string of the molecule is CCn1ncc(C(=O)/C=C/c2ccc(OC)c(COc3ccc(C)cc3[N+](=O)[O-])c2)c1C. The van der Waals surface area contributed by atoms with Crippen molar-refractivity contribution in [2.75, 3.05) is 7.11 Å². The van der Waals surface area contributed by atoms with E-state index < -0.39 is 4.92 Å². The van der Waals surface area contributed by atoms with Gasteiger partial charge in [0.05, 0.1) is 23.8 Å². The van der Waals surface area contributed by atoms with E-state index in [-0.39, 0.29) is 23.8 Å². The first-order valence-electron chi connectivity index (χ1n) is 10.1. The average Bonchev–Trinajstić information content (AvgIpc) is 3.16. The van der Waals surface area contributed by atoms with Crippen LogP contribution in [0.4, 0.5) is 5.69 Å². The Balaban J connectivity index is 1.80. The third-order valence-corrected chi connectivity index (χ3v) is 5.09. The van der Waals surface area contributed by atoms with Crippen LogP contribution in [0.1, 0.15) is 39.7 Å². The normalized spacial score (nSPS) is 11.0. The molecule has 8 nitrogen and oxygen atoms in total. The molecule has 0 N–H and O–H groups in total. The van der Waals surface area contributed by atoms with Crippen LogP contribution < -0.4 is 9.47 Å². The maximum Gasteiger partial charge on any atom is 0.311 e. The first-order valence-corrected chi connectivity index (χ1v) is 10.1. The number of nitro benzene ring substituents is 1. The highest BCUT2D eigenvalue weighted by Gasteiger charge is 2.16. The summed E-state index contributed by atoms with van der Waals surface area (Å²) >= 11 is 0. The van der Waals surface area contributed by atoms with E-state index in [1.165, 1.54) is 12.1 Å². The lowest BCUT2D eigenvalue weighted by Gasteiger charge is -2.12. The van der Waals surface area contributed by atoms with Crippen LogP contribution >= 0.6 is 0 Å². The van der Waals surface area contributed by atoms with Gasteiger partial charge in [0.1, 0.15) is 12.4 Å². The number of allylic oxidation sites excluding steroid dienone is 1. The van der Waals surface area contributed by atoms with Crippen molar-refractivity contribution in [1.82, 2.24) is 9.78 Å². The number of ether oxygens (including phenoxy) is 2. The van der Waals surface area contributed by atoms with E-state index in [4.69, 9.17) is 9.47 Å². The molecular weight excluding hydrogens is 410 g/mol. The number of carbonyl (C=O) groups is 1. The van der Waals surface area contributed by atoms with Crippen LogP contribution in [0.15, 0.2) is 48.7 Å². The molecule has 3 rings (SSSR count). The van der Waals surface area contributed by atoms with Gasteiger partial charge in [-0.1, -0.05) is 18.2 Å². The number of ketones is 1. The van der Waals surface area contributed by atoms with E-state index in [1.807, 2.05) is 26.0 Å². The van der Waals surface area contributed by atoms with Gasteiger partial charge in [-0.2, -0.15) is 5.10 Å². The summed E-state index contributed by atoms with van der Waals surface area (Å²) in [6.07, 6.45) is 4.79. The summed E-state index contributed by atoms with van der Waals surface area (Å²) < 4.78 is 12.9. The molecule has 0 aliphatic rings. The number of hydrogen-bond acceptors (Lipinski definition) is 6. The van der Waals surface area contributed by atoms with Crippen LogP contribution in [0.5, 0.6) is 11.5 Å². The molecule has 0 fully saturated rings. The van der Waals surface area contributed by atoms with Crippen molar-refractivity contribution < 1.29 is 19.2 Å². The van der Waals surface area contributed by atoms with E-state index in [1.54, 1.807) is 49.2 Å². The summed E-state index contributed by atoms with van der Waals surface area (Å²) in [6, 6.07) is 10.2. The van der Waals surface area contributed by atoms with Gasteiger partial charge in [0.2, 0.25) is 0 Å². The number of nitrogens with zero attached hydrogens (tertiary/aromatic N) is 3. The first-order chi connectivity index (χ1) is 15.3. The Hall–Kier alpha value is -3.94. The van der Waals surface area contributed by atoms with Gasteiger partial charge in [0, 0.05) is 23.9 Å². The van der Waals surface area contributed by atoms with E-state index in [2.05, 4.69) is 5.10 Å². The Kier molecular flexibility index (Phi) is 7.04. The highest BCUT2D eigenvalue weighted by Crippen LogP contribution is 2.30. The number of benzene rings is 2. The zero-order valence-corrected chi connectivity index (χ0v) is 18.5. The van der Waals surface area contributed by atoms with Gasteiger partial charge in [0.15, 0.2) is 11.5 Å². The van der Waals surface area contributed by atoms with Crippen molar-refractivity contribution in [1.29, 1.82) is 0 Å². The third kappa shape index (κ3) is 5.03. The Morgan fingerprint density at radius 2 is 1.94 bits per heavy atom. The van der Waals surface area contributed by atoms with Gasteiger partial charge in [-0.25, -0.2) is 0 Å². The molecule has 0 atom stereocenters. The number of aryl methyl sites for hydroxylation is 2. The number of rotatable bonds is 9. The lowest BCUT2D eigenvalue weighted by atomic mass is 10.1. The molecule has 8 heteroatoms. The Morgan fingerprint density at radius 1 is 1.19 bits per heavy atom. The Labute approximate surface area is 186 Å². The molecule has 0 amide bonds. The quantitative estimate of drug-likeness (QED) is 0.205. The zero-order chi connectivity index (χ0) is 23.3. The first kappa shape index (κ1) is 22.7. The van der Waals surface area contributed by atoms with Crippen LogP contribution in [0.3, 0.4) is 0 Å². The largest absolute Gasteiger partial charge is 0.496 e. The fourth-order valence-electron chi connectivity index (χ4n) is 3.33. The number of methoxy groups -OCH3 is 1. The minimum Gasteiger partial charge on any atom is -0.496 e. The van der Waals surface area contributed by atoms with Crippen LogP contribution in [0.25, 0.3) is 6.08 Å². The lowest BCUT2D eigenvalue weighted by Crippen LogP contribution is -2.02. The second kappa shape index (κ2) is 9.91. The highest BCUT2D eigenvalue weighted by molar-refractivity contribution is 6.07. The fraction of sp³-hybridized carbons (Fsp3) is 0.250. The van der Waals surface area contributed by atoms with Crippen LogP contribution in [-0.2, 0) is 13.2 Å². The number of aromatic nitrogens is 2. The zero-order valence-electron chi connectivity index (χ0n) is 18.5. The molecule has 32 heavy (non-hydrogen) atoms. The highest BCUT2D eigenvalue weighted by atomic mass is 16.6. The van der Waals surface area contributed by atoms with E-state index >= 15 is 0 Å². The summed E-state index contributed by atoms with van der Waals surface area (Å²) in [5, 5.41) is 15.5. The van der Waals surface area contributed by atoms with Crippen molar-refractivity contribution in [2.45, 2.75) is 33.9 Å². The van der Waals surface area contributed by atoms with Gasteiger partial charge in [0.25, 0.3) is 0 Å². The molecule has 3 aromatic rings. The van der Waals surface area contributed by atoms with Crippen LogP contribution in [0, 0.1) is 24.0 Å². The smallest absolute Gasteiger partial charge is 0.311 e. The molecule has 1 heterocycles. The molecule has 2 aromatic carbocycles. The van der Waals surface area contributed by atoms with Crippen molar-refractivity contribution in [2.24, 2.45) is 0 Å². The minimum absolute atomic E-state index is 0.0745. The summed E-state index contributed by atoms with van der Waals surface area (Å²) in [5.74, 6) is 0.636. The molecule has 0 aliphatic heterocycles. The number of hydrogen-bond donors (Lipinski definition) is 0. The summed E-state index contributed by atoms with van der Waals surface area (Å²) in [7, 11) is 1.54. The average molecular weight is 435 g/mol. The summed E-state index contributed by atoms with van der Waals surface area (Å²) in [6.45, 7) is 6.39. The Bertz CT molecular complexity index is 1180. The van der Waals surface area contributed by atoms with E-state index in [9.17, 15) is 14.9 Å². The fourth-order valence-corrected chi connectivity index (χ4v) is 3.33. The summed E-state index contributed by atoms with van der Waals surface area (Å²) in [4.78, 5) is 23.4. The van der Waals surface area contributed by atoms with Crippen molar-refractivity contribution >= 4 is 17.5 Å². The van der Waals surface area contributed by atoms with Crippen LogP contribution in [0.2, 0.25) is 0 Å². The molecule has 166 valence electrons. The lowest BCUT2D eigenvalue weighted by molar-refractivity contribution is -0.386. The maximum absolute atomic E-state index is 12.6. The van der Waals surface area contributed by atoms with Gasteiger partial charge < -0.3 is 9.47 Å². The number of carbonyl (C=O) groups excluding carboxylic acids is 1.